The summed E-state index contributed by atoms with van der Waals surface area (Å²) in [7, 11) is -4.19. The van der Waals surface area contributed by atoms with Crippen molar-refractivity contribution in [3.8, 4) is 0 Å². The number of carbonyl (C=O) groups is 1. The number of aryl methyl sites for hydroxylation is 1. The fourth-order valence-corrected chi connectivity index (χ4v) is 3.81. The predicted octanol–water partition coefficient (Wildman–Crippen LogP) is 4.34. The Morgan fingerprint density at radius 1 is 1.04 bits per heavy atom. The Hall–Kier alpha value is -2.78. The maximum Gasteiger partial charge on any atom is 0.274 e. The summed E-state index contributed by atoms with van der Waals surface area (Å²) in [6, 6.07) is 14.6. The molecule has 0 saturated heterocycles. The second kappa shape index (κ2) is 8.07. The van der Waals surface area contributed by atoms with Crippen molar-refractivity contribution in [1.82, 2.24) is 4.98 Å². The number of rotatable bonds is 5. The van der Waals surface area contributed by atoms with Crippen LogP contribution in [0.5, 0.6) is 0 Å². The highest BCUT2D eigenvalue weighted by molar-refractivity contribution is 9.10. The van der Waals surface area contributed by atoms with Crippen LogP contribution in [0.2, 0.25) is 0 Å². The SMILES string of the molecule is Cc1cccc(C(=O)Nc2ccc(F)c(S(=O)(=O)Nc3ccc(Br)cc3)c2)n1. The Kier molecular flexibility index (Phi) is 5.76. The first-order valence-electron chi connectivity index (χ1n) is 8.07. The summed E-state index contributed by atoms with van der Waals surface area (Å²) in [5, 5.41) is 2.53. The number of hydrogen-bond acceptors (Lipinski definition) is 4. The molecule has 0 atom stereocenters. The summed E-state index contributed by atoms with van der Waals surface area (Å²) in [6.07, 6.45) is 0. The molecule has 1 heterocycles. The van der Waals surface area contributed by atoms with Crippen LogP contribution in [0.15, 0.2) is 70.0 Å². The van der Waals surface area contributed by atoms with E-state index in [4.69, 9.17) is 0 Å². The maximum absolute atomic E-state index is 14.2. The molecule has 2 N–H and O–H groups in total. The monoisotopic (exact) mass is 463 g/mol. The summed E-state index contributed by atoms with van der Waals surface area (Å²) in [4.78, 5) is 15.8. The first-order valence-corrected chi connectivity index (χ1v) is 10.4. The Morgan fingerprint density at radius 3 is 2.39 bits per heavy atom. The van der Waals surface area contributed by atoms with Crippen LogP contribution in [0.25, 0.3) is 0 Å². The fourth-order valence-electron chi connectivity index (χ4n) is 2.38. The summed E-state index contributed by atoms with van der Waals surface area (Å²) in [5.74, 6) is -1.46. The van der Waals surface area contributed by atoms with Crippen LogP contribution in [0.4, 0.5) is 15.8 Å². The number of nitrogens with one attached hydrogen (secondary N) is 2. The van der Waals surface area contributed by atoms with Crippen LogP contribution in [0, 0.1) is 12.7 Å². The first kappa shape index (κ1) is 20.0. The largest absolute Gasteiger partial charge is 0.321 e. The minimum atomic E-state index is -4.19. The van der Waals surface area contributed by atoms with Gasteiger partial charge in [0, 0.05) is 21.5 Å². The Labute approximate surface area is 170 Å². The molecule has 28 heavy (non-hydrogen) atoms. The van der Waals surface area contributed by atoms with E-state index in [0.717, 1.165) is 16.6 Å². The molecule has 1 amide bonds. The minimum Gasteiger partial charge on any atom is -0.321 e. The van der Waals surface area contributed by atoms with Crippen LogP contribution in [0.1, 0.15) is 16.2 Å². The van der Waals surface area contributed by atoms with Crippen LogP contribution in [-0.2, 0) is 10.0 Å². The highest BCUT2D eigenvalue weighted by Crippen LogP contribution is 2.23. The fraction of sp³-hybridized carbons (Fsp3) is 0.0526. The summed E-state index contributed by atoms with van der Waals surface area (Å²) < 4.78 is 42.4. The van der Waals surface area contributed by atoms with Crippen molar-refractivity contribution in [2.75, 3.05) is 10.0 Å². The first-order chi connectivity index (χ1) is 13.2. The van der Waals surface area contributed by atoms with Crippen molar-refractivity contribution in [3.63, 3.8) is 0 Å². The molecule has 9 heteroatoms. The molecule has 1 aromatic heterocycles. The van der Waals surface area contributed by atoms with Gasteiger partial charge in [-0.15, -0.1) is 0 Å². The molecule has 0 aliphatic rings. The molecule has 0 fully saturated rings. The third kappa shape index (κ3) is 4.73. The van der Waals surface area contributed by atoms with Gasteiger partial charge in [0.15, 0.2) is 0 Å². The number of pyridine rings is 1. The molecule has 0 saturated carbocycles. The van der Waals surface area contributed by atoms with Gasteiger partial charge in [-0.3, -0.25) is 9.52 Å². The minimum absolute atomic E-state index is 0.130. The van der Waals surface area contributed by atoms with Crippen molar-refractivity contribution >= 4 is 43.2 Å². The van der Waals surface area contributed by atoms with Gasteiger partial charge >= 0.3 is 0 Å². The molecule has 144 valence electrons. The van der Waals surface area contributed by atoms with E-state index in [1.54, 1.807) is 31.2 Å². The number of halogens is 2. The number of hydrogen-bond donors (Lipinski definition) is 2. The van der Waals surface area contributed by atoms with E-state index >= 15 is 0 Å². The van der Waals surface area contributed by atoms with Gasteiger partial charge in [-0.05, 0) is 61.5 Å². The van der Waals surface area contributed by atoms with Crippen molar-refractivity contribution < 1.29 is 17.6 Å². The lowest BCUT2D eigenvalue weighted by molar-refractivity contribution is 0.102. The molecule has 0 aliphatic carbocycles. The van der Waals surface area contributed by atoms with Crippen LogP contribution in [-0.4, -0.2) is 19.3 Å². The standard InChI is InChI=1S/C19H15BrFN3O3S/c1-12-3-2-4-17(22-12)19(25)23-15-9-10-16(21)18(11-15)28(26,27)24-14-7-5-13(20)6-8-14/h2-11,24H,1H3,(H,23,25). The molecule has 3 aromatic rings. The number of carbonyl (C=O) groups excluding carboxylic acids is 1. The van der Waals surface area contributed by atoms with Crippen molar-refractivity contribution in [1.29, 1.82) is 0 Å². The average molecular weight is 464 g/mol. The number of aromatic nitrogens is 1. The van der Waals surface area contributed by atoms with Gasteiger partial charge in [0.2, 0.25) is 0 Å². The van der Waals surface area contributed by atoms with E-state index in [1.165, 1.54) is 24.3 Å². The summed E-state index contributed by atoms with van der Waals surface area (Å²) >= 11 is 3.26. The predicted molar refractivity (Wildman–Crippen MR) is 108 cm³/mol. The number of anilines is 2. The van der Waals surface area contributed by atoms with E-state index < -0.39 is 26.6 Å². The molecule has 6 nitrogen and oxygen atoms in total. The Morgan fingerprint density at radius 2 is 1.71 bits per heavy atom. The second-order valence-corrected chi connectivity index (χ2v) is 8.44. The van der Waals surface area contributed by atoms with Gasteiger partial charge in [0.25, 0.3) is 15.9 Å². The van der Waals surface area contributed by atoms with E-state index in [2.05, 4.69) is 31.0 Å². The highest BCUT2D eigenvalue weighted by Gasteiger charge is 2.21. The zero-order chi connectivity index (χ0) is 20.3. The third-order valence-electron chi connectivity index (χ3n) is 3.70. The summed E-state index contributed by atoms with van der Waals surface area (Å²) in [5.41, 5.74) is 1.24. The number of nitrogens with zero attached hydrogens (tertiary/aromatic N) is 1. The van der Waals surface area contributed by atoms with Gasteiger partial charge in [0.05, 0.1) is 0 Å². The molecular weight excluding hydrogens is 449 g/mol. The van der Waals surface area contributed by atoms with E-state index in [1.807, 2.05) is 0 Å². The van der Waals surface area contributed by atoms with Gasteiger partial charge in [-0.2, -0.15) is 0 Å². The highest BCUT2D eigenvalue weighted by atomic mass is 79.9. The lowest BCUT2D eigenvalue weighted by atomic mass is 10.2. The zero-order valence-corrected chi connectivity index (χ0v) is 17.0. The van der Waals surface area contributed by atoms with Crippen molar-refractivity contribution in [3.05, 3.63) is 82.3 Å². The smallest absolute Gasteiger partial charge is 0.274 e. The average Bonchev–Trinajstić information content (AvgIpc) is 2.65. The Balaban J connectivity index is 1.86. The molecule has 3 rings (SSSR count). The van der Waals surface area contributed by atoms with E-state index in [0.29, 0.717) is 5.69 Å². The van der Waals surface area contributed by atoms with Crippen LogP contribution < -0.4 is 10.0 Å². The second-order valence-electron chi connectivity index (χ2n) is 5.88. The quantitative estimate of drug-likeness (QED) is 0.588. The number of benzene rings is 2. The summed E-state index contributed by atoms with van der Waals surface area (Å²) in [6.45, 7) is 1.74. The van der Waals surface area contributed by atoms with Crippen molar-refractivity contribution in [2.45, 2.75) is 11.8 Å². The van der Waals surface area contributed by atoms with Gasteiger partial charge < -0.3 is 5.32 Å². The Bertz CT molecular complexity index is 1140. The zero-order valence-electron chi connectivity index (χ0n) is 14.6. The third-order valence-corrected chi connectivity index (χ3v) is 5.62. The van der Waals surface area contributed by atoms with E-state index in [9.17, 15) is 17.6 Å². The normalized spacial score (nSPS) is 11.1. The van der Waals surface area contributed by atoms with Gasteiger partial charge in [-0.25, -0.2) is 17.8 Å². The van der Waals surface area contributed by atoms with Crippen LogP contribution in [0.3, 0.4) is 0 Å². The number of sulfonamides is 1. The molecular formula is C19H15BrFN3O3S. The van der Waals surface area contributed by atoms with Gasteiger partial charge in [-0.1, -0.05) is 22.0 Å². The maximum atomic E-state index is 14.2. The van der Waals surface area contributed by atoms with E-state index in [-0.39, 0.29) is 17.1 Å². The lowest BCUT2D eigenvalue weighted by Gasteiger charge is -2.11. The van der Waals surface area contributed by atoms with Crippen LogP contribution >= 0.6 is 15.9 Å². The van der Waals surface area contributed by atoms with Gasteiger partial charge in [0.1, 0.15) is 16.4 Å². The lowest BCUT2D eigenvalue weighted by Crippen LogP contribution is -2.17. The molecule has 0 aliphatic heterocycles. The molecule has 0 spiro atoms. The molecule has 2 aromatic carbocycles. The number of amides is 1. The molecule has 0 radical (unpaired) electrons. The van der Waals surface area contributed by atoms with Crippen molar-refractivity contribution in [2.24, 2.45) is 0 Å². The molecule has 0 bridgehead atoms. The topological polar surface area (TPSA) is 88.2 Å². The molecule has 0 unspecified atom stereocenters.